The van der Waals surface area contributed by atoms with Crippen molar-refractivity contribution in [2.75, 3.05) is 7.11 Å². The van der Waals surface area contributed by atoms with Gasteiger partial charge >= 0.3 is 0 Å². The number of rotatable bonds is 7. The van der Waals surface area contributed by atoms with Gasteiger partial charge in [0.25, 0.3) is 5.91 Å². The maximum absolute atomic E-state index is 12.6. The standard InChI is InChI=1S/C24H24N4O3S/c1-4-8-21-27-28-22(25)18(23(29)26-24(28)32-21)13-16-11-12-19(20(14-16)30-3)31-15(2)17-9-6-5-7-10-17/h5-7,9-15,25H,4,8H2,1-3H3. The van der Waals surface area contributed by atoms with Crippen molar-refractivity contribution in [3.8, 4) is 11.5 Å². The Morgan fingerprint density at radius 2 is 1.97 bits per heavy atom. The first-order valence-corrected chi connectivity index (χ1v) is 11.2. The second-order valence-corrected chi connectivity index (χ2v) is 8.39. The van der Waals surface area contributed by atoms with Crippen LogP contribution in [0.15, 0.2) is 64.2 Å². The minimum Gasteiger partial charge on any atom is -0.493 e. The van der Waals surface area contributed by atoms with E-state index in [1.54, 1.807) is 25.3 Å². The van der Waals surface area contributed by atoms with Crippen LogP contribution >= 0.6 is 11.8 Å². The number of carbonyl (C=O) groups is 1. The first-order chi connectivity index (χ1) is 15.5. The number of nitrogens with one attached hydrogen (secondary N) is 1. The minimum absolute atomic E-state index is 0.0237. The van der Waals surface area contributed by atoms with Crippen LogP contribution in [0.1, 0.15) is 43.9 Å². The predicted molar refractivity (Wildman–Crippen MR) is 128 cm³/mol. The number of hydrazone groups is 1. The molecule has 0 saturated carbocycles. The molecule has 0 bridgehead atoms. The fraction of sp³-hybridized carbons (Fsp3) is 0.250. The van der Waals surface area contributed by atoms with E-state index in [0.717, 1.165) is 23.4 Å². The smallest absolute Gasteiger partial charge is 0.283 e. The van der Waals surface area contributed by atoms with Gasteiger partial charge < -0.3 is 9.47 Å². The molecule has 1 N–H and O–H groups in total. The minimum atomic E-state index is -0.446. The maximum atomic E-state index is 12.6. The van der Waals surface area contributed by atoms with Gasteiger partial charge in [0.15, 0.2) is 17.3 Å². The van der Waals surface area contributed by atoms with E-state index in [2.05, 4.69) is 17.0 Å². The summed E-state index contributed by atoms with van der Waals surface area (Å²) >= 11 is 1.35. The SMILES string of the molecule is CCCC1=NN2C(=N)C(=Cc3ccc(OC(C)c4ccccc4)c(OC)c3)C(=O)N=C2S1. The summed E-state index contributed by atoms with van der Waals surface area (Å²) in [5.41, 5.74) is 1.95. The lowest BCUT2D eigenvalue weighted by molar-refractivity contribution is -0.114. The number of carbonyl (C=O) groups excluding carboxylic acids is 1. The van der Waals surface area contributed by atoms with Crippen molar-refractivity contribution in [1.82, 2.24) is 5.01 Å². The fourth-order valence-electron chi connectivity index (χ4n) is 3.37. The third-order valence-corrected chi connectivity index (χ3v) is 6.00. The molecule has 2 aromatic carbocycles. The molecule has 0 fully saturated rings. The molecule has 2 heterocycles. The van der Waals surface area contributed by atoms with Gasteiger partial charge in [0.1, 0.15) is 11.1 Å². The van der Waals surface area contributed by atoms with Gasteiger partial charge in [-0.15, -0.1) is 0 Å². The molecule has 32 heavy (non-hydrogen) atoms. The van der Waals surface area contributed by atoms with Gasteiger partial charge in [0, 0.05) is 0 Å². The normalized spacial score (nSPS) is 17.7. The zero-order chi connectivity index (χ0) is 22.7. The third-order valence-electron chi connectivity index (χ3n) is 5.03. The second-order valence-electron chi connectivity index (χ2n) is 7.34. The molecule has 2 aliphatic heterocycles. The summed E-state index contributed by atoms with van der Waals surface area (Å²) in [6, 6.07) is 15.3. The van der Waals surface area contributed by atoms with Crippen molar-refractivity contribution < 1.29 is 14.3 Å². The number of aliphatic imine (C=N–C) groups is 1. The molecule has 0 radical (unpaired) electrons. The summed E-state index contributed by atoms with van der Waals surface area (Å²) in [6.45, 7) is 4.04. The van der Waals surface area contributed by atoms with E-state index in [-0.39, 0.29) is 17.5 Å². The fourth-order valence-corrected chi connectivity index (χ4v) is 4.35. The van der Waals surface area contributed by atoms with Gasteiger partial charge in [-0.05, 0) is 60.9 Å². The van der Waals surface area contributed by atoms with E-state index in [4.69, 9.17) is 14.9 Å². The monoisotopic (exact) mass is 448 g/mol. The van der Waals surface area contributed by atoms with Crippen LogP contribution in [0.2, 0.25) is 0 Å². The molecular formula is C24H24N4O3S. The number of hydrogen-bond acceptors (Lipinski definition) is 6. The number of ether oxygens (including phenoxy) is 2. The van der Waals surface area contributed by atoms with Crippen LogP contribution in [0, 0.1) is 5.41 Å². The average Bonchev–Trinajstić information content (AvgIpc) is 3.20. The van der Waals surface area contributed by atoms with Crippen molar-refractivity contribution in [3.05, 3.63) is 65.2 Å². The molecule has 2 aromatic rings. The number of fused-ring (bicyclic) bond motifs is 1. The lowest BCUT2D eigenvalue weighted by Gasteiger charge is -2.20. The molecule has 8 heteroatoms. The number of amides is 1. The van der Waals surface area contributed by atoms with Crippen LogP contribution in [0.5, 0.6) is 11.5 Å². The highest BCUT2D eigenvalue weighted by molar-refractivity contribution is 8.26. The van der Waals surface area contributed by atoms with E-state index in [1.807, 2.05) is 43.3 Å². The van der Waals surface area contributed by atoms with Crippen molar-refractivity contribution in [2.24, 2.45) is 10.1 Å². The zero-order valence-corrected chi connectivity index (χ0v) is 19.0. The molecule has 0 saturated heterocycles. The Labute approximate surface area is 191 Å². The van der Waals surface area contributed by atoms with Crippen LogP contribution in [0.3, 0.4) is 0 Å². The molecule has 0 spiro atoms. The molecule has 1 atom stereocenters. The molecule has 2 aliphatic rings. The lowest BCUT2D eigenvalue weighted by Crippen LogP contribution is -2.35. The van der Waals surface area contributed by atoms with Crippen molar-refractivity contribution in [2.45, 2.75) is 32.8 Å². The maximum Gasteiger partial charge on any atom is 0.283 e. The Morgan fingerprint density at radius 3 is 2.69 bits per heavy atom. The molecule has 7 nitrogen and oxygen atoms in total. The van der Waals surface area contributed by atoms with Crippen LogP contribution < -0.4 is 9.47 Å². The van der Waals surface area contributed by atoms with Gasteiger partial charge in [-0.25, -0.2) is 0 Å². The lowest BCUT2D eigenvalue weighted by atomic mass is 10.1. The van der Waals surface area contributed by atoms with Gasteiger partial charge in [-0.3, -0.25) is 10.2 Å². The summed E-state index contributed by atoms with van der Waals surface area (Å²) in [7, 11) is 1.57. The Kier molecular flexibility index (Phi) is 6.41. The van der Waals surface area contributed by atoms with E-state index in [1.165, 1.54) is 16.8 Å². The van der Waals surface area contributed by atoms with E-state index in [0.29, 0.717) is 22.2 Å². The van der Waals surface area contributed by atoms with Crippen LogP contribution in [0.25, 0.3) is 6.08 Å². The van der Waals surface area contributed by atoms with Gasteiger partial charge in [-0.1, -0.05) is 43.3 Å². The molecule has 1 amide bonds. The van der Waals surface area contributed by atoms with Crippen LogP contribution in [0.4, 0.5) is 0 Å². The number of benzene rings is 2. The first-order valence-electron chi connectivity index (χ1n) is 10.4. The van der Waals surface area contributed by atoms with Crippen molar-refractivity contribution >= 4 is 39.8 Å². The Balaban J connectivity index is 1.58. The topological polar surface area (TPSA) is 87.3 Å². The number of thioether (sulfide) groups is 1. The Morgan fingerprint density at radius 1 is 1.19 bits per heavy atom. The highest BCUT2D eigenvalue weighted by Gasteiger charge is 2.35. The first kappa shape index (κ1) is 21.8. The van der Waals surface area contributed by atoms with Crippen LogP contribution in [-0.4, -0.2) is 34.1 Å². The van der Waals surface area contributed by atoms with E-state index >= 15 is 0 Å². The molecule has 0 aliphatic carbocycles. The van der Waals surface area contributed by atoms with Crippen molar-refractivity contribution in [3.63, 3.8) is 0 Å². The van der Waals surface area contributed by atoms with E-state index in [9.17, 15) is 4.79 Å². The van der Waals surface area contributed by atoms with Gasteiger partial charge in [0.2, 0.25) is 5.17 Å². The van der Waals surface area contributed by atoms with Gasteiger partial charge in [-0.2, -0.15) is 15.1 Å². The summed E-state index contributed by atoms with van der Waals surface area (Å²) in [5, 5.41) is 15.7. The van der Waals surface area contributed by atoms with Gasteiger partial charge in [0.05, 0.1) is 12.7 Å². The second kappa shape index (κ2) is 9.40. The summed E-state index contributed by atoms with van der Waals surface area (Å²) in [4.78, 5) is 16.7. The number of amidine groups is 2. The summed E-state index contributed by atoms with van der Waals surface area (Å²) < 4.78 is 11.6. The molecule has 164 valence electrons. The number of hydrogen-bond donors (Lipinski definition) is 1. The average molecular weight is 449 g/mol. The summed E-state index contributed by atoms with van der Waals surface area (Å²) in [6.07, 6.45) is 3.21. The Bertz CT molecular complexity index is 1140. The highest BCUT2D eigenvalue weighted by atomic mass is 32.2. The summed E-state index contributed by atoms with van der Waals surface area (Å²) in [5.74, 6) is 0.719. The largest absolute Gasteiger partial charge is 0.493 e. The Hall–Kier alpha value is -3.39. The third kappa shape index (κ3) is 4.45. The molecule has 1 unspecified atom stereocenters. The van der Waals surface area contributed by atoms with Crippen molar-refractivity contribution in [1.29, 1.82) is 5.41 Å². The molecular weight excluding hydrogens is 424 g/mol. The zero-order valence-electron chi connectivity index (χ0n) is 18.2. The molecule has 0 aromatic heterocycles. The number of methoxy groups -OCH3 is 1. The van der Waals surface area contributed by atoms with Crippen LogP contribution in [-0.2, 0) is 4.79 Å². The molecule has 4 rings (SSSR count). The predicted octanol–water partition coefficient (Wildman–Crippen LogP) is 5.25. The quantitative estimate of drug-likeness (QED) is 0.584. The number of nitrogens with zero attached hydrogens (tertiary/aromatic N) is 3. The van der Waals surface area contributed by atoms with E-state index < -0.39 is 5.91 Å². The highest BCUT2D eigenvalue weighted by Crippen LogP contribution is 2.34.